The van der Waals surface area contributed by atoms with Crippen LogP contribution in [-0.2, 0) is 0 Å². The molecule has 0 aliphatic rings. The second-order valence-electron chi connectivity index (χ2n) is 6.80. The molecule has 1 aromatic heterocycles. The molecule has 1 atom stereocenters. The topological polar surface area (TPSA) is 54.7 Å². The van der Waals surface area contributed by atoms with Crippen molar-refractivity contribution in [3.63, 3.8) is 0 Å². The Morgan fingerprint density at radius 1 is 1.26 bits per heavy atom. The Kier molecular flexibility index (Phi) is 3.68. The molecule has 1 unspecified atom stereocenters. The van der Waals surface area contributed by atoms with E-state index in [0.717, 1.165) is 23.3 Å². The Morgan fingerprint density at radius 3 is 2.53 bits per heavy atom. The van der Waals surface area contributed by atoms with Gasteiger partial charge in [-0.25, -0.2) is 4.98 Å². The number of benzene rings is 1. The standard InChI is InChI=1S/C16H25N3/c1-10-6-11(2)14-13(7-10)18-15(19-14)12(9-17)8-16(3,4)5/h6-7,12H,8-9,17H2,1-5H3,(H,18,19). The zero-order valence-electron chi connectivity index (χ0n) is 12.7. The molecule has 0 spiro atoms. The quantitative estimate of drug-likeness (QED) is 0.883. The Morgan fingerprint density at radius 2 is 1.95 bits per heavy atom. The van der Waals surface area contributed by atoms with E-state index >= 15 is 0 Å². The predicted molar refractivity (Wildman–Crippen MR) is 81.4 cm³/mol. The summed E-state index contributed by atoms with van der Waals surface area (Å²) in [5.74, 6) is 1.33. The van der Waals surface area contributed by atoms with Gasteiger partial charge in [0, 0.05) is 12.5 Å². The minimum atomic E-state index is 0.258. The first kappa shape index (κ1) is 14.1. The number of rotatable bonds is 3. The smallest absolute Gasteiger partial charge is 0.111 e. The first-order valence-electron chi connectivity index (χ1n) is 6.97. The van der Waals surface area contributed by atoms with Crippen LogP contribution in [0.5, 0.6) is 0 Å². The molecule has 3 nitrogen and oxygen atoms in total. The Labute approximate surface area is 115 Å². The molecule has 0 fully saturated rings. The average Bonchev–Trinajstić information content (AvgIpc) is 2.68. The van der Waals surface area contributed by atoms with E-state index in [-0.39, 0.29) is 5.41 Å². The van der Waals surface area contributed by atoms with Crippen molar-refractivity contribution in [2.75, 3.05) is 6.54 Å². The van der Waals surface area contributed by atoms with E-state index in [1.165, 1.54) is 11.1 Å². The van der Waals surface area contributed by atoms with Gasteiger partial charge in [0.15, 0.2) is 0 Å². The average molecular weight is 259 g/mol. The third-order valence-electron chi connectivity index (χ3n) is 3.47. The van der Waals surface area contributed by atoms with E-state index in [2.05, 4.69) is 51.7 Å². The van der Waals surface area contributed by atoms with Crippen molar-refractivity contribution in [2.24, 2.45) is 11.1 Å². The van der Waals surface area contributed by atoms with Crippen LogP contribution in [0.25, 0.3) is 11.0 Å². The van der Waals surface area contributed by atoms with Crippen molar-refractivity contribution < 1.29 is 0 Å². The molecule has 1 heterocycles. The van der Waals surface area contributed by atoms with Gasteiger partial charge in [-0.15, -0.1) is 0 Å². The number of aryl methyl sites for hydroxylation is 2. The fourth-order valence-electron chi connectivity index (χ4n) is 2.71. The highest BCUT2D eigenvalue weighted by molar-refractivity contribution is 5.79. The van der Waals surface area contributed by atoms with E-state index in [0.29, 0.717) is 12.5 Å². The van der Waals surface area contributed by atoms with E-state index in [1.54, 1.807) is 0 Å². The molecular formula is C16H25N3. The van der Waals surface area contributed by atoms with E-state index in [1.807, 2.05) is 0 Å². The van der Waals surface area contributed by atoms with Crippen LogP contribution in [0.2, 0.25) is 0 Å². The molecule has 3 heteroatoms. The van der Waals surface area contributed by atoms with Gasteiger partial charge in [0.1, 0.15) is 5.82 Å². The summed E-state index contributed by atoms with van der Waals surface area (Å²) >= 11 is 0. The van der Waals surface area contributed by atoms with Crippen LogP contribution in [-0.4, -0.2) is 16.5 Å². The van der Waals surface area contributed by atoms with Crippen LogP contribution in [0, 0.1) is 19.3 Å². The molecule has 0 radical (unpaired) electrons. The van der Waals surface area contributed by atoms with E-state index in [9.17, 15) is 0 Å². The van der Waals surface area contributed by atoms with Crippen LogP contribution >= 0.6 is 0 Å². The van der Waals surface area contributed by atoms with Gasteiger partial charge in [-0.3, -0.25) is 0 Å². The highest BCUT2D eigenvalue weighted by Crippen LogP contribution is 2.30. The lowest BCUT2D eigenvalue weighted by Crippen LogP contribution is -2.20. The van der Waals surface area contributed by atoms with Crippen LogP contribution in [0.3, 0.4) is 0 Å². The van der Waals surface area contributed by atoms with Crippen LogP contribution in [0.1, 0.15) is 50.1 Å². The molecule has 3 N–H and O–H groups in total. The summed E-state index contributed by atoms with van der Waals surface area (Å²) in [7, 11) is 0. The van der Waals surface area contributed by atoms with Crippen LogP contribution in [0.15, 0.2) is 12.1 Å². The normalized spacial score (nSPS) is 14.0. The fourth-order valence-corrected chi connectivity index (χ4v) is 2.71. The molecule has 104 valence electrons. The minimum absolute atomic E-state index is 0.258. The summed E-state index contributed by atoms with van der Waals surface area (Å²) in [6.45, 7) is 11.6. The van der Waals surface area contributed by atoms with Gasteiger partial charge in [-0.2, -0.15) is 0 Å². The van der Waals surface area contributed by atoms with Gasteiger partial charge >= 0.3 is 0 Å². The zero-order chi connectivity index (χ0) is 14.2. The Hall–Kier alpha value is -1.35. The summed E-state index contributed by atoms with van der Waals surface area (Å²) < 4.78 is 0. The largest absolute Gasteiger partial charge is 0.342 e. The van der Waals surface area contributed by atoms with E-state index in [4.69, 9.17) is 10.7 Å². The predicted octanol–water partition coefficient (Wildman–Crippen LogP) is 3.66. The molecule has 2 rings (SSSR count). The summed E-state index contributed by atoms with van der Waals surface area (Å²) in [5.41, 5.74) is 10.9. The first-order valence-corrected chi connectivity index (χ1v) is 6.97. The number of H-pyrrole nitrogens is 1. The number of hydrogen-bond donors (Lipinski definition) is 2. The Balaban J connectivity index is 2.42. The molecule has 0 amide bonds. The summed E-state index contributed by atoms with van der Waals surface area (Å²) in [6, 6.07) is 4.33. The fraction of sp³-hybridized carbons (Fsp3) is 0.562. The third kappa shape index (κ3) is 3.16. The molecule has 0 aliphatic carbocycles. The van der Waals surface area contributed by atoms with Crippen molar-refractivity contribution in [3.05, 3.63) is 29.1 Å². The third-order valence-corrected chi connectivity index (χ3v) is 3.47. The van der Waals surface area contributed by atoms with E-state index < -0.39 is 0 Å². The maximum atomic E-state index is 5.94. The number of nitrogens with one attached hydrogen (secondary N) is 1. The molecule has 0 saturated heterocycles. The SMILES string of the molecule is Cc1cc(C)c2nc(C(CN)CC(C)(C)C)[nH]c2c1. The monoisotopic (exact) mass is 259 g/mol. The molecular weight excluding hydrogens is 234 g/mol. The number of aromatic nitrogens is 2. The number of hydrogen-bond acceptors (Lipinski definition) is 2. The maximum Gasteiger partial charge on any atom is 0.111 e. The van der Waals surface area contributed by atoms with Gasteiger partial charge in [-0.1, -0.05) is 26.8 Å². The highest BCUT2D eigenvalue weighted by Gasteiger charge is 2.22. The summed E-state index contributed by atoms with van der Waals surface area (Å²) in [4.78, 5) is 8.23. The lowest BCUT2D eigenvalue weighted by molar-refractivity contribution is 0.337. The number of nitrogens with zero attached hydrogens (tertiary/aromatic N) is 1. The minimum Gasteiger partial charge on any atom is -0.342 e. The lowest BCUT2D eigenvalue weighted by Gasteiger charge is -2.23. The molecule has 0 aliphatic heterocycles. The number of aromatic amines is 1. The number of imidazole rings is 1. The van der Waals surface area contributed by atoms with Crippen molar-refractivity contribution >= 4 is 11.0 Å². The molecule has 2 aromatic rings. The van der Waals surface area contributed by atoms with Gasteiger partial charge in [-0.05, 0) is 42.9 Å². The van der Waals surface area contributed by atoms with Gasteiger partial charge in [0.2, 0.25) is 0 Å². The number of nitrogens with two attached hydrogens (primary N) is 1. The van der Waals surface area contributed by atoms with Gasteiger partial charge in [0.05, 0.1) is 11.0 Å². The molecule has 0 bridgehead atoms. The molecule has 1 aromatic carbocycles. The van der Waals surface area contributed by atoms with Crippen molar-refractivity contribution in [1.29, 1.82) is 0 Å². The number of fused-ring (bicyclic) bond motifs is 1. The van der Waals surface area contributed by atoms with Crippen molar-refractivity contribution in [1.82, 2.24) is 9.97 Å². The lowest BCUT2D eigenvalue weighted by atomic mass is 9.84. The maximum absolute atomic E-state index is 5.94. The second kappa shape index (κ2) is 4.97. The Bertz CT molecular complexity index is 575. The zero-order valence-corrected chi connectivity index (χ0v) is 12.7. The summed E-state index contributed by atoms with van der Waals surface area (Å²) in [6.07, 6.45) is 1.04. The molecule has 0 saturated carbocycles. The van der Waals surface area contributed by atoms with Gasteiger partial charge < -0.3 is 10.7 Å². The van der Waals surface area contributed by atoms with Gasteiger partial charge in [0.25, 0.3) is 0 Å². The van der Waals surface area contributed by atoms with Crippen LogP contribution in [0.4, 0.5) is 0 Å². The van der Waals surface area contributed by atoms with Crippen LogP contribution < -0.4 is 5.73 Å². The highest BCUT2D eigenvalue weighted by atomic mass is 14.9. The molecule has 19 heavy (non-hydrogen) atoms. The second-order valence-corrected chi connectivity index (χ2v) is 6.80. The first-order chi connectivity index (χ1) is 8.80. The van der Waals surface area contributed by atoms with Crippen molar-refractivity contribution in [2.45, 2.75) is 47.0 Å². The summed E-state index contributed by atoms with van der Waals surface area (Å²) in [5, 5.41) is 0. The van der Waals surface area contributed by atoms with Crippen molar-refractivity contribution in [3.8, 4) is 0 Å².